The Balaban J connectivity index is 2.46. The van der Waals surface area contributed by atoms with Crippen molar-refractivity contribution in [1.29, 1.82) is 0 Å². The van der Waals surface area contributed by atoms with Crippen LogP contribution in [0.5, 0.6) is 0 Å². The van der Waals surface area contributed by atoms with E-state index in [4.69, 9.17) is 0 Å². The summed E-state index contributed by atoms with van der Waals surface area (Å²) in [5, 5.41) is 6.44. The minimum Gasteiger partial charge on any atom is -0.357 e. The molecule has 0 fully saturated rings. The lowest BCUT2D eigenvalue weighted by atomic mass is 10.1. The number of nitrogens with zero attached hydrogens (tertiary/aromatic N) is 1. The van der Waals surface area contributed by atoms with Crippen LogP contribution in [0, 0.1) is 6.92 Å². The number of benzene rings is 1. The van der Waals surface area contributed by atoms with Crippen LogP contribution in [0.3, 0.4) is 0 Å². The summed E-state index contributed by atoms with van der Waals surface area (Å²) in [6, 6.07) is 8.59. The van der Waals surface area contributed by atoms with Crippen molar-refractivity contribution in [2.75, 3.05) is 19.6 Å². The molecule has 17 heavy (non-hydrogen) atoms. The molecular formula is C14H23N3. The molecule has 0 radical (unpaired) electrons. The molecule has 0 aliphatic rings. The van der Waals surface area contributed by atoms with E-state index < -0.39 is 0 Å². The van der Waals surface area contributed by atoms with Gasteiger partial charge in [0.2, 0.25) is 0 Å². The fourth-order valence-electron chi connectivity index (χ4n) is 1.67. The van der Waals surface area contributed by atoms with Gasteiger partial charge in [-0.25, -0.2) is 0 Å². The smallest absolute Gasteiger partial charge is 0.191 e. The second kappa shape index (κ2) is 7.71. The van der Waals surface area contributed by atoms with Gasteiger partial charge in [-0.1, -0.05) is 29.8 Å². The standard InChI is InChI=1S/C14H23N3/c1-4-15-14(16-5-2)17-10-9-13-8-6-7-12(3)11-13/h6-8,11H,4-5,9-10H2,1-3H3,(H2,15,16,17). The van der Waals surface area contributed by atoms with Crippen molar-refractivity contribution in [3.05, 3.63) is 35.4 Å². The Bertz CT molecular complexity index is 350. The third kappa shape index (κ3) is 5.38. The SMILES string of the molecule is CCNC(=NCCc1cccc(C)c1)NCC. The molecule has 0 atom stereocenters. The van der Waals surface area contributed by atoms with Crippen molar-refractivity contribution in [2.24, 2.45) is 4.99 Å². The molecule has 0 spiro atoms. The highest BCUT2D eigenvalue weighted by Gasteiger charge is 1.95. The highest BCUT2D eigenvalue weighted by molar-refractivity contribution is 5.79. The maximum atomic E-state index is 4.52. The van der Waals surface area contributed by atoms with Crippen LogP contribution < -0.4 is 10.6 Å². The van der Waals surface area contributed by atoms with E-state index >= 15 is 0 Å². The van der Waals surface area contributed by atoms with E-state index in [0.717, 1.165) is 32.0 Å². The molecule has 94 valence electrons. The summed E-state index contributed by atoms with van der Waals surface area (Å²) in [5.41, 5.74) is 2.66. The lowest BCUT2D eigenvalue weighted by Crippen LogP contribution is -2.37. The van der Waals surface area contributed by atoms with Crippen molar-refractivity contribution >= 4 is 5.96 Å². The van der Waals surface area contributed by atoms with Gasteiger partial charge in [0.1, 0.15) is 0 Å². The molecule has 0 heterocycles. The van der Waals surface area contributed by atoms with Crippen LogP contribution in [0.4, 0.5) is 0 Å². The van der Waals surface area contributed by atoms with E-state index in [1.165, 1.54) is 11.1 Å². The molecule has 1 rings (SSSR count). The second-order valence-corrected chi connectivity index (χ2v) is 4.03. The van der Waals surface area contributed by atoms with Gasteiger partial charge in [-0.2, -0.15) is 0 Å². The maximum absolute atomic E-state index is 4.52. The first-order chi connectivity index (χ1) is 8.26. The van der Waals surface area contributed by atoms with Crippen molar-refractivity contribution < 1.29 is 0 Å². The molecule has 3 nitrogen and oxygen atoms in total. The number of hydrogen-bond acceptors (Lipinski definition) is 1. The van der Waals surface area contributed by atoms with E-state index in [2.05, 4.69) is 60.7 Å². The maximum Gasteiger partial charge on any atom is 0.191 e. The molecule has 0 aliphatic carbocycles. The van der Waals surface area contributed by atoms with Crippen molar-refractivity contribution in [3.63, 3.8) is 0 Å². The summed E-state index contributed by atoms with van der Waals surface area (Å²) in [5.74, 6) is 0.905. The highest BCUT2D eigenvalue weighted by atomic mass is 15.2. The van der Waals surface area contributed by atoms with E-state index in [1.807, 2.05) is 0 Å². The largest absolute Gasteiger partial charge is 0.357 e. The number of aryl methyl sites for hydroxylation is 1. The molecule has 0 bridgehead atoms. The summed E-state index contributed by atoms with van der Waals surface area (Å²) in [4.78, 5) is 4.52. The van der Waals surface area contributed by atoms with Crippen LogP contribution in [0.15, 0.2) is 29.3 Å². The Hall–Kier alpha value is -1.51. The zero-order chi connectivity index (χ0) is 12.5. The average Bonchev–Trinajstić information content (AvgIpc) is 2.30. The quantitative estimate of drug-likeness (QED) is 0.603. The monoisotopic (exact) mass is 233 g/mol. The number of guanidine groups is 1. The molecule has 0 saturated carbocycles. The van der Waals surface area contributed by atoms with E-state index in [1.54, 1.807) is 0 Å². The Morgan fingerprint density at radius 2 is 1.88 bits per heavy atom. The lowest BCUT2D eigenvalue weighted by Gasteiger charge is -2.09. The van der Waals surface area contributed by atoms with Crippen LogP contribution >= 0.6 is 0 Å². The lowest BCUT2D eigenvalue weighted by molar-refractivity contribution is 0.833. The molecule has 0 aliphatic heterocycles. The molecule has 1 aromatic rings. The summed E-state index contributed by atoms with van der Waals surface area (Å²) in [7, 11) is 0. The first-order valence-electron chi connectivity index (χ1n) is 6.34. The van der Waals surface area contributed by atoms with Gasteiger partial charge in [0, 0.05) is 19.6 Å². The van der Waals surface area contributed by atoms with Gasteiger partial charge >= 0.3 is 0 Å². The molecule has 2 N–H and O–H groups in total. The zero-order valence-corrected chi connectivity index (χ0v) is 11.1. The second-order valence-electron chi connectivity index (χ2n) is 4.03. The molecule has 0 unspecified atom stereocenters. The molecular weight excluding hydrogens is 210 g/mol. The van der Waals surface area contributed by atoms with Gasteiger partial charge in [-0.15, -0.1) is 0 Å². The molecule has 0 aromatic heterocycles. The number of nitrogens with one attached hydrogen (secondary N) is 2. The third-order valence-electron chi connectivity index (χ3n) is 2.44. The fourth-order valence-corrected chi connectivity index (χ4v) is 1.67. The Kier molecular flexibility index (Phi) is 6.15. The van der Waals surface area contributed by atoms with E-state index in [0.29, 0.717) is 0 Å². The predicted molar refractivity (Wildman–Crippen MR) is 74.5 cm³/mol. The van der Waals surface area contributed by atoms with Gasteiger partial charge < -0.3 is 10.6 Å². The van der Waals surface area contributed by atoms with Crippen LogP contribution in [0.2, 0.25) is 0 Å². The van der Waals surface area contributed by atoms with Crippen LogP contribution in [-0.2, 0) is 6.42 Å². The van der Waals surface area contributed by atoms with Crippen LogP contribution in [-0.4, -0.2) is 25.6 Å². The van der Waals surface area contributed by atoms with Gasteiger partial charge in [0.15, 0.2) is 5.96 Å². The normalized spacial score (nSPS) is 9.82. The van der Waals surface area contributed by atoms with Crippen molar-refractivity contribution in [3.8, 4) is 0 Å². The third-order valence-corrected chi connectivity index (χ3v) is 2.44. The topological polar surface area (TPSA) is 36.4 Å². The van der Waals surface area contributed by atoms with E-state index in [-0.39, 0.29) is 0 Å². The molecule has 3 heteroatoms. The average molecular weight is 233 g/mol. The van der Waals surface area contributed by atoms with Crippen molar-refractivity contribution in [1.82, 2.24) is 10.6 Å². The minimum atomic E-state index is 0.818. The number of hydrogen-bond donors (Lipinski definition) is 2. The van der Waals surface area contributed by atoms with Gasteiger partial charge in [0.05, 0.1) is 0 Å². The van der Waals surface area contributed by atoms with Gasteiger partial charge in [0.25, 0.3) is 0 Å². The summed E-state index contributed by atoms with van der Waals surface area (Å²) >= 11 is 0. The van der Waals surface area contributed by atoms with Crippen LogP contribution in [0.25, 0.3) is 0 Å². The predicted octanol–water partition coefficient (Wildman–Crippen LogP) is 2.11. The summed E-state index contributed by atoms with van der Waals surface area (Å²) in [6.45, 7) is 8.89. The first-order valence-corrected chi connectivity index (χ1v) is 6.34. The van der Waals surface area contributed by atoms with Crippen molar-refractivity contribution in [2.45, 2.75) is 27.2 Å². The Labute approximate surface area is 104 Å². The van der Waals surface area contributed by atoms with E-state index in [9.17, 15) is 0 Å². The first kappa shape index (κ1) is 13.6. The molecule has 0 amide bonds. The highest BCUT2D eigenvalue weighted by Crippen LogP contribution is 2.04. The molecule has 1 aromatic carbocycles. The number of rotatable bonds is 5. The molecule has 0 saturated heterocycles. The number of aliphatic imine (C=N–C) groups is 1. The van der Waals surface area contributed by atoms with Gasteiger partial charge in [-0.3, -0.25) is 4.99 Å². The van der Waals surface area contributed by atoms with Gasteiger partial charge in [-0.05, 0) is 32.8 Å². The Morgan fingerprint density at radius 1 is 1.18 bits per heavy atom. The zero-order valence-electron chi connectivity index (χ0n) is 11.1. The summed E-state index contributed by atoms with van der Waals surface area (Å²) in [6.07, 6.45) is 0.988. The Morgan fingerprint density at radius 3 is 2.47 bits per heavy atom. The fraction of sp³-hybridized carbons (Fsp3) is 0.500. The van der Waals surface area contributed by atoms with Crippen LogP contribution in [0.1, 0.15) is 25.0 Å². The summed E-state index contributed by atoms with van der Waals surface area (Å²) < 4.78 is 0. The minimum absolute atomic E-state index is 0.818.